The fourth-order valence-corrected chi connectivity index (χ4v) is 3.85. The number of carbonyl (C=O) groups is 1. The van der Waals surface area contributed by atoms with Crippen molar-refractivity contribution in [2.24, 2.45) is 0 Å². The summed E-state index contributed by atoms with van der Waals surface area (Å²) < 4.78 is 31.6. The summed E-state index contributed by atoms with van der Waals surface area (Å²) in [7, 11) is 0. The van der Waals surface area contributed by atoms with Crippen LogP contribution in [0.15, 0.2) is 18.2 Å². The maximum atomic E-state index is 13.2. The number of piperidine rings is 1. The van der Waals surface area contributed by atoms with Gasteiger partial charge in [-0.3, -0.25) is 9.69 Å². The number of nitrogens with zero attached hydrogens (tertiary/aromatic N) is 1. The monoisotopic (exact) mass is 368 g/mol. The van der Waals surface area contributed by atoms with E-state index in [2.05, 4.69) is 10.2 Å². The number of nitrogens with one attached hydrogen (secondary N) is 1. The molecule has 1 saturated heterocycles. The third-order valence-electron chi connectivity index (χ3n) is 5.36. The van der Waals surface area contributed by atoms with Crippen molar-refractivity contribution in [3.63, 3.8) is 0 Å². The van der Waals surface area contributed by atoms with E-state index in [4.69, 9.17) is 4.74 Å². The molecule has 7 heteroatoms. The fraction of sp³-hybridized carbons (Fsp3) is 0.632. The number of rotatable bonds is 5. The smallest absolute Gasteiger partial charge is 0.260 e. The van der Waals surface area contributed by atoms with Crippen LogP contribution in [-0.2, 0) is 4.79 Å². The highest BCUT2D eigenvalue weighted by Crippen LogP contribution is 2.26. The Morgan fingerprint density at radius 2 is 1.96 bits per heavy atom. The van der Waals surface area contributed by atoms with E-state index < -0.39 is 17.7 Å². The van der Waals surface area contributed by atoms with Crippen molar-refractivity contribution in [1.82, 2.24) is 10.2 Å². The largest absolute Gasteiger partial charge is 0.481 e. The van der Waals surface area contributed by atoms with Crippen molar-refractivity contribution >= 4 is 5.91 Å². The van der Waals surface area contributed by atoms with Crippen LogP contribution in [0.25, 0.3) is 0 Å². The molecule has 2 N–H and O–H groups in total. The van der Waals surface area contributed by atoms with Crippen LogP contribution in [0.2, 0.25) is 0 Å². The predicted molar refractivity (Wildman–Crippen MR) is 92.8 cm³/mol. The van der Waals surface area contributed by atoms with Gasteiger partial charge in [0.2, 0.25) is 0 Å². The van der Waals surface area contributed by atoms with Gasteiger partial charge in [0.15, 0.2) is 17.7 Å². The number of aliphatic hydroxyl groups excluding tert-OH is 1. The SMILES string of the molecule is CC(Oc1ccc(F)c(F)c1)C(=O)NC1CCN(C2CCCC2O)CC1. The molecular formula is C19H26F2N2O3. The summed E-state index contributed by atoms with van der Waals surface area (Å²) >= 11 is 0. The molecule has 144 valence electrons. The number of halogens is 2. The lowest BCUT2D eigenvalue weighted by atomic mass is 10.0. The second-order valence-electron chi connectivity index (χ2n) is 7.22. The number of ether oxygens (including phenoxy) is 1. The minimum atomic E-state index is -1.00. The molecule has 0 aromatic heterocycles. The van der Waals surface area contributed by atoms with Gasteiger partial charge in [-0.15, -0.1) is 0 Å². The minimum Gasteiger partial charge on any atom is -0.481 e. The van der Waals surface area contributed by atoms with E-state index in [0.29, 0.717) is 0 Å². The van der Waals surface area contributed by atoms with Gasteiger partial charge in [0, 0.05) is 31.2 Å². The maximum Gasteiger partial charge on any atom is 0.260 e. The van der Waals surface area contributed by atoms with Gasteiger partial charge in [-0.05, 0) is 51.2 Å². The van der Waals surface area contributed by atoms with Gasteiger partial charge in [-0.1, -0.05) is 0 Å². The summed E-state index contributed by atoms with van der Waals surface area (Å²) in [5.74, 6) is -2.10. The zero-order valence-corrected chi connectivity index (χ0v) is 15.0. The summed E-state index contributed by atoms with van der Waals surface area (Å²) in [4.78, 5) is 14.6. The van der Waals surface area contributed by atoms with Gasteiger partial charge in [-0.25, -0.2) is 8.78 Å². The van der Waals surface area contributed by atoms with Crippen molar-refractivity contribution in [2.75, 3.05) is 13.1 Å². The third kappa shape index (κ3) is 4.51. The summed E-state index contributed by atoms with van der Waals surface area (Å²) in [5.41, 5.74) is 0. The first-order valence-corrected chi connectivity index (χ1v) is 9.28. The molecule has 3 rings (SSSR count). The Kier molecular flexibility index (Phi) is 6.09. The Labute approximate surface area is 152 Å². The molecule has 5 nitrogen and oxygen atoms in total. The van der Waals surface area contributed by atoms with Gasteiger partial charge in [0.25, 0.3) is 5.91 Å². The van der Waals surface area contributed by atoms with Crippen LogP contribution in [0.4, 0.5) is 8.78 Å². The first kappa shape index (κ1) is 19.0. The van der Waals surface area contributed by atoms with E-state index in [1.54, 1.807) is 6.92 Å². The molecule has 1 aliphatic carbocycles. The first-order valence-electron chi connectivity index (χ1n) is 9.28. The molecule has 2 aliphatic rings. The van der Waals surface area contributed by atoms with Crippen LogP contribution in [0.1, 0.15) is 39.0 Å². The quantitative estimate of drug-likeness (QED) is 0.837. The van der Waals surface area contributed by atoms with Gasteiger partial charge >= 0.3 is 0 Å². The molecule has 1 amide bonds. The number of carbonyl (C=O) groups excluding carboxylic acids is 1. The Morgan fingerprint density at radius 3 is 2.58 bits per heavy atom. The van der Waals surface area contributed by atoms with Crippen LogP contribution in [0, 0.1) is 11.6 Å². The molecule has 0 radical (unpaired) electrons. The molecule has 1 saturated carbocycles. The van der Waals surface area contributed by atoms with Crippen molar-refractivity contribution in [2.45, 2.75) is 63.3 Å². The summed E-state index contributed by atoms with van der Waals surface area (Å²) in [6.07, 6.45) is 3.61. The van der Waals surface area contributed by atoms with E-state index in [9.17, 15) is 18.7 Å². The lowest BCUT2D eigenvalue weighted by Gasteiger charge is -2.37. The van der Waals surface area contributed by atoms with Crippen LogP contribution in [-0.4, -0.2) is 53.3 Å². The highest BCUT2D eigenvalue weighted by Gasteiger charge is 2.33. The number of likely N-dealkylation sites (tertiary alicyclic amines) is 1. The number of amides is 1. The number of hydrogen-bond donors (Lipinski definition) is 2. The molecule has 0 bridgehead atoms. The average molecular weight is 368 g/mol. The summed E-state index contributed by atoms with van der Waals surface area (Å²) in [5, 5.41) is 13.0. The molecule has 3 atom stereocenters. The topological polar surface area (TPSA) is 61.8 Å². The molecule has 2 fully saturated rings. The second-order valence-corrected chi connectivity index (χ2v) is 7.22. The minimum absolute atomic E-state index is 0.0632. The Hall–Kier alpha value is -1.73. The molecular weight excluding hydrogens is 342 g/mol. The first-order chi connectivity index (χ1) is 12.4. The lowest BCUT2D eigenvalue weighted by molar-refractivity contribution is -0.128. The van der Waals surface area contributed by atoms with Gasteiger partial charge in [-0.2, -0.15) is 0 Å². The third-order valence-corrected chi connectivity index (χ3v) is 5.36. The fourth-order valence-electron chi connectivity index (χ4n) is 3.85. The van der Waals surface area contributed by atoms with Crippen molar-refractivity contribution in [3.8, 4) is 5.75 Å². The maximum absolute atomic E-state index is 13.2. The number of aliphatic hydroxyl groups is 1. The van der Waals surface area contributed by atoms with E-state index >= 15 is 0 Å². The van der Waals surface area contributed by atoms with Gasteiger partial charge in [0.1, 0.15) is 5.75 Å². The zero-order valence-electron chi connectivity index (χ0n) is 15.0. The molecule has 1 aromatic carbocycles. The van der Waals surface area contributed by atoms with Crippen LogP contribution in [0.5, 0.6) is 5.75 Å². The van der Waals surface area contributed by atoms with Crippen LogP contribution in [0.3, 0.4) is 0 Å². The Morgan fingerprint density at radius 1 is 1.23 bits per heavy atom. The van der Waals surface area contributed by atoms with E-state index in [1.807, 2.05) is 0 Å². The molecule has 0 spiro atoms. The molecule has 1 aliphatic heterocycles. The molecule has 26 heavy (non-hydrogen) atoms. The Balaban J connectivity index is 1.45. The average Bonchev–Trinajstić information content (AvgIpc) is 3.05. The lowest BCUT2D eigenvalue weighted by Crippen LogP contribution is -2.51. The van der Waals surface area contributed by atoms with Crippen molar-refractivity contribution < 1.29 is 23.4 Å². The molecule has 1 heterocycles. The van der Waals surface area contributed by atoms with Gasteiger partial charge < -0.3 is 15.2 Å². The standard InChI is InChI=1S/C19H26F2N2O3/c1-12(26-14-5-6-15(20)16(21)11-14)19(25)22-13-7-9-23(10-8-13)17-3-2-4-18(17)24/h5-6,11-13,17-18,24H,2-4,7-10H2,1H3,(H,22,25). The van der Waals surface area contributed by atoms with Crippen molar-refractivity contribution in [1.29, 1.82) is 0 Å². The van der Waals surface area contributed by atoms with Gasteiger partial charge in [0.05, 0.1) is 6.10 Å². The highest BCUT2D eigenvalue weighted by atomic mass is 19.2. The second kappa shape index (κ2) is 8.31. The number of benzene rings is 1. The van der Waals surface area contributed by atoms with Crippen molar-refractivity contribution in [3.05, 3.63) is 29.8 Å². The van der Waals surface area contributed by atoms with E-state index in [0.717, 1.165) is 57.3 Å². The number of hydrogen-bond acceptors (Lipinski definition) is 4. The van der Waals surface area contributed by atoms with Crippen LogP contribution >= 0.6 is 0 Å². The predicted octanol–water partition coefficient (Wildman–Crippen LogP) is 2.23. The normalized spacial score (nSPS) is 25.8. The van der Waals surface area contributed by atoms with E-state index in [-0.39, 0.29) is 29.8 Å². The van der Waals surface area contributed by atoms with E-state index in [1.165, 1.54) is 6.07 Å². The Bertz CT molecular complexity index is 635. The highest BCUT2D eigenvalue weighted by molar-refractivity contribution is 5.81. The summed E-state index contributed by atoms with van der Waals surface area (Å²) in [6.45, 7) is 3.29. The molecule has 1 aromatic rings. The zero-order chi connectivity index (χ0) is 18.7. The summed E-state index contributed by atoms with van der Waals surface area (Å²) in [6, 6.07) is 3.52. The molecule has 3 unspecified atom stereocenters. The van der Waals surface area contributed by atoms with Crippen LogP contribution < -0.4 is 10.1 Å².